The lowest BCUT2D eigenvalue weighted by atomic mass is 9.84. The van der Waals surface area contributed by atoms with Crippen molar-refractivity contribution in [2.45, 2.75) is 49.3 Å². The highest BCUT2D eigenvalue weighted by Gasteiger charge is 2.46. The molecule has 10 heteroatoms. The van der Waals surface area contributed by atoms with E-state index >= 15 is 0 Å². The maximum absolute atomic E-state index is 12.6. The molecular formula is C21H24O10. The number of phenolic OH excluding ortho intramolecular Hbond substituents is 1. The van der Waals surface area contributed by atoms with Crippen molar-refractivity contribution in [3.05, 3.63) is 53.5 Å². The van der Waals surface area contributed by atoms with Gasteiger partial charge in [0.1, 0.15) is 53.4 Å². The minimum Gasteiger partial charge on any atom is -0.511 e. The van der Waals surface area contributed by atoms with Crippen LogP contribution in [0.25, 0.3) is 0 Å². The second kappa shape index (κ2) is 8.58. The molecule has 2 fully saturated rings. The van der Waals surface area contributed by atoms with Gasteiger partial charge in [-0.15, -0.1) is 0 Å². The molecule has 2 aliphatic heterocycles. The number of fused-ring (bicyclic) bond motifs is 1. The van der Waals surface area contributed by atoms with E-state index < -0.39 is 55.4 Å². The first kappa shape index (κ1) is 21.8. The zero-order chi connectivity index (χ0) is 22.3. The smallest absolute Gasteiger partial charge is 0.229 e. The van der Waals surface area contributed by atoms with Crippen molar-refractivity contribution in [3.63, 3.8) is 0 Å². The summed E-state index contributed by atoms with van der Waals surface area (Å²) in [6.07, 6.45) is -6.10. The predicted octanol–water partition coefficient (Wildman–Crippen LogP) is -0.437. The first-order valence-corrected chi connectivity index (χ1v) is 9.85. The fourth-order valence-electron chi connectivity index (χ4n) is 3.98. The number of ether oxygens (including phenoxy) is 3. The van der Waals surface area contributed by atoms with Gasteiger partial charge in [0.15, 0.2) is 0 Å². The van der Waals surface area contributed by atoms with Crippen LogP contribution >= 0.6 is 0 Å². The lowest BCUT2D eigenvalue weighted by molar-refractivity contribution is -0.290. The lowest BCUT2D eigenvalue weighted by Gasteiger charge is -2.40. The highest BCUT2D eigenvalue weighted by Crippen LogP contribution is 2.39. The summed E-state index contributed by atoms with van der Waals surface area (Å²) in [5.41, 5.74) is 0.684. The van der Waals surface area contributed by atoms with Crippen LogP contribution in [-0.4, -0.2) is 79.8 Å². The Labute approximate surface area is 177 Å². The second-order valence-electron chi connectivity index (χ2n) is 7.78. The number of phenols is 1. The number of allylic oxidation sites excluding steroid dienone is 1. The van der Waals surface area contributed by atoms with Crippen molar-refractivity contribution in [2.75, 3.05) is 6.61 Å². The van der Waals surface area contributed by atoms with Crippen LogP contribution in [-0.2, 0) is 19.0 Å². The number of rotatable bonds is 4. The molecule has 168 valence electrons. The summed E-state index contributed by atoms with van der Waals surface area (Å²) >= 11 is 0. The number of carbonyl (C=O) groups is 1. The molecule has 2 heterocycles. The number of carbonyl (C=O) groups excluding carboxylic acids is 1. The predicted molar refractivity (Wildman–Crippen MR) is 102 cm³/mol. The molecule has 4 rings (SSSR count). The lowest BCUT2D eigenvalue weighted by Crippen LogP contribution is -2.59. The molecule has 1 aromatic carbocycles. The van der Waals surface area contributed by atoms with E-state index in [0.717, 1.165) is 0 Å². The SMILES string of the molecule is O=C1CC(c2ccc(O)cc2)OC2C=C(OC3OC(CO)C(O)C(O)C3O)C=C(O)C12. The molecule has 2 saturated heterocycles. The van der Waals surface area contributed by atoms with Gasteiger partial charge in [-0.25, -0.2) is 0 Å². The largest absolute Gasteiger partial charge is 0.511 e. The molecule has 0 saturated carbocycles. The van der Waals surface area contributed by atoms with E-state index in [4.69, 9.17) is 14.2 Å². The number of benzene rings is 1. The van der Waals surface area contributed by atoms with E-state index in [1.54, 1.807) is 12.1 Å². The number of Topliss-reactive ketones (excluding diaryl/α,β-unsaturated/α-hetero) is 1. The Kier molecular flexibility index (Phi) is 6.02. The van der Waals surface area contributed by atoms with E-state index in [0.29, 0.717) is 5.56 Å². The Morgan fingerprint density at radius 3 is 2.39 bits per heavy atom. The zero-order valence-corrected chi connectivity index (χ0v) is 16.3. The quantitative estimate of drug-likeness (QED) is 0.364. The molecule has 0 spiro atoms. The van der Waals surface area contributed by atoms with Crippen LogP contribution in [0.2, 0.25) is 0 Å². The minimum absolute atomic E-state index is 0.0298. The molecule has 0 amide bonds. The van der Waals surface area contributed by atoms with Gasteiger partial charge in [0.05, 0.1) is 18.8 Å². The first-order valence-electron chi connectivity index (χ1n) is 9.85. The third-order valence-electron chi connectivity index (χ3n) is 5.69. The third-order valence-corrected chi connectivity index (χ3v) is 5.69. The molecule has 31 heavy (non-hydrogen) atoms. The van der Waals surface area contributed by atoms with Crippen LogP contribution in [0.15, 0.2) is 47.9 Å². The molecule has 0 aromatic heterocycles. The number of aromatic hydroxyl groups is 1. The second-order valence-corrected chi connectivity index (χ2v) is 7.78. The monoisotopic (exact) mass is 436 g/mol. The van der Waals surface area contributed by atoms with Crippen molar-refractivity contribution < 1.29 is 49.6 Å². The molecule has 0 radical (unpaired) electrons. The van der Waals surface area contributed by atoms with E-state index in [2.05, 4.69) is 0 Å². The summed E-state index contributed by atoms with van der Waals surface area (Å²) in [4.78, 5) is 12.6. The Hall–Kier alpha value is -2.47. The van der Waals surface area contributed by atoms with Crippen molar-refractivity contribution in [3.8, 4) is 5.75 Å². The molecule has 10 nitrogen and oxygen atoms in total. The van der Waals surface area contributed by atoms with Crippen LogP contribution < -0.4 is 0 Å². The molecule has 8 atom stereocenters. The standard InChI is InChI=1S/C21H24O10/c22-8-16-18(26)19(27)20(28)21(31-16)29-11-5-12(24)17-13(25)7-14(30-15(17)6-11)9-1-3-10(23)4-2-9/h1-6,14-24,26-28H,7-8H2. The third kappa shape index (κ3) is 4.18. The van der Waals surface area contributed by atoms with Crippen LogP contribution in [0.3, 0.4) is 0 Å². The maximum atomic E-state index is 12.6. The van der Waals surface area contributed by atoms with E-state index in [-0.39, 0.29) is 29.5 Å². The number of hydrogen-bond donors (Lipinski definition) is 6. The number of aliphatic hydroxyl groups is 5. The summed E-state index contributed by atoms with van der Waals surface area (Å²) in [7, 11) is 0. The van der Waals surface area contributed by atoms with Gasteiger partial charge in [-0.05, 0) is 23.8 Å². The highest BCUT2D eigenvalue weighted by molar-refractivity contribution is 5.86. The fourth-order valence-corrected chi connectivity index (χ4v) is 3.98. The number of hydrogen-bond acceptors (Lipinski definition) is 10. The minimum atomic E-state index is -1.62. The topological polar surface area (TPSA) is 166 Å². The molecule has 1 aliphatic carbocycles. The Bertz CT molecular complexity index is 877. The van der Waals surface area contributed by atoms with Crippen molar-refractivity contribution in [2.24, 2.45) is 5.92 Å². The van der Waals surface area contributed by atoms with Gasteiger partial charge >= 0.3 is 0 Å². The summed E-state index contributed by atoms with van der Waals surface area (Å²) in [6, 6.07) is 6.25. The molecule has 0 bridgehead atoms. The molecule has 6 N–H and O–H groups in total. The summed E-state index contributed by atoms with van der Waals surface area (Å²) in [5.74, 6) is -1.30. The van der Waals surface area contributed by atoms with Crippen LogP contribution in [0.5, 0.6) is 5.75 Å². The molecule has 1 aromatic rings. The van der Waals surface area contributed by atoms with Crippen LogP contribution in [0.1, 0.15) is 18.1 Å². The molecular weight excluding hydrogens is 412 g/mol. The van der Waals surface area contributed by atoms with Gasteiger partial charge in [-0.2, -0.15) is 0 Å². The van der Waals surface area contributed by atoms with Crippen molar-refractivity contribution in [1.82, 2.24) is 0 Å². The molecule has 3 aliphatic rings. The Balaban J connectivity index is 1.53. The van der Waals surface area contributed by atoms with E-state index in [1.807, 2.05) is 0 Å². The average Bonchev–Trinajstić information content (AvgIpc) is 2.74. The molecule has 8 unspecified atom stereocenters. The van der Waals surface area contributed by atoms with Crippen LogP contribution in [0, 0.1) is 5.92 Å². The van der Waals surface area contributed by atoms with Gasteiger partial charge < -0.3 is 44.8 Å². The van der Waals surface area contributed by atoms with Crippen molar-refractivity contribution >= 4 is 5.78 Å². The summed E-state index contributed by atoms with van der Waals surface area (Å²) < 4.78 is 16.9. The first-order chi connectivity index (χ1) is 14.8. The Morgan fingerprint density at radius 2 is 1.71 bits per heavy atom. The Morgan fingerprint density at radius 1 is 1.00 bits per heavy atom. The van der Waals surface area contributed by atoms with E-state index in [1.165, 1.54) is 24.3 Å². The fraction of sp³-hybridized carbons (Fsp3) is 0.476. The van der Waals surface area contributed by atoms with Gasteiger partial charge in [0.25, 0.3) is 0 Å². The van der Waals surface area contributed by atoms with Crippen molar-refractivity contribution in [1.29, 1.82) is 0 Å². The van der Waals surface area contributed by atoms with Crippen LogP contribution in [0.4, 0.5) is 0 Å². The average molecular weight is 436 g/mol. The maximum Gasteiger partial charge on any atom is 0.229 e. The van der Waals surface area contributed by atoms with Gasteiger partial charge in [-0.3, -0.25) is 4.79 Å². The van der Waals surface area contributed by atoms with Gasteiger partial charge in [0.2, 0.25) is 6.29 Å². The number of ketones is 1. The van der Waals surface area contributed by atoms with Gasteiger partial charge in [-0.1, -0.05) is 12.1 Å². The van der Waals surface area contributed by atoms with Gasteiger partial charge in [0, 0.05) is 12.5 Å². The zero-order valence-electron chi connectivity index (χ0n) is 16.3. The summed E-state index contributed by atoms with van der Waals surface area (Å²) in [5, 5.41) is 59.1. The normalized spacial score (nSPS) is 38.1. The number of aliphatic hydroxyl groups excluding tert-OH is 5. The van der Waals surface area contributed by atoms with E-state index in [9.17, 15) is 35.4 Å². The highest BCUT2D eigenvalue weighted by atomic mass is 16.7. The summed E-state index contributed by atoms with van der Waals surface area (Å²) in [6.45, 7) is -0.610.